The molecule has 7 nitrogen and oxygen atoms in total. The van der Waals surface area contributed by atoms with Gasteiger partial charge in [-0.05, 0) is 61.7 Å². The minimum atomic E-state index is -0.110. The zero-order valence-corrected chi connectivity index (χ0v) is 21.2. The van der Waals surface area contributed by atoms with Crippen molar-refractivity contribution in [2.24, 2.45) is 4.99 Å². The molecule has 0 bridgehead atoms. The first-order chi connectivity index (χ1) is 15.1. The van der Waals surface area contributed by atoms with Crippen LogP contribution in [0.15, 0.2) is 53.7 Å². The van der Waals surface area contributed by atoms with E-state index in [1.807, 2.05) is 6.92 Å². The number of amides is 1. The zero-order chi connectivity index (χ0) is 22.1. The number of ether oxygens (including phenoxy) is 1. The van der Waals surface area contributed by atoms with Crippen LogP contribution in [0.25, 0.3) is 10.9 Å². The van der Waals surface area contributed by atoms with E-state index < -0.39 is 0 Å². The van der Waals surface area contributed by atoms with Gasteiger partial charge in [-0.15, -0.1) is 24.0 Å². The summed E-state index contributed by atoms with van der Waals surface area (Å²) in [5.41, 5.74) is 4.28. The van der Waals surface area contributed by atoms with Gasteiger partial charge >= 0.3 is 0 Å². The van der Waals surface area contributed by atoms with Gasteiger partial charge in [0.05, 0.1) is 7.11 Å². The maximum atomic E-state index is 12.2. The van der Waals surface area contributed by atoms with Crippen LogP contribution in [0.3, 0.4) is 0 Å². The van der Waals surface area contributed by atoms with Gasteiger partial charge in [0, 0.05) is 48.8 Å². The lowest BCUT2D eigenvalue weighted by Gasteiger charge is -2.12. The van der Waals surface area contributed by atoms with Crippen LogP contribution in [0.5, 0.6) is 5.75 Å². The van der Waals surface area contributed by atoms with E-state index in [9.17, 15) is 4.79 Å². The SMILES string of the molecule is CCNC(=NCCc1c[nH]c2cc(C)ccc12)NCCNC(=O)c1ccc(OC)cc1.I. The van der Waals surface area contributed by atoms with Gasteiger partial charge in [-0.3, -0.25) is 9.79 Å². The standard InChI is InChI=1S/C24H31N5O2.HI/c1-4-25-24(27-12-11-19-16-29-22-15-17(2)5-10-21(19)22)28-14-13-26-23(30)18-6-8-20(31-3)9-7-18;/h5-10,15-16,29H,4,11-14H2,1-3H3,(H,26,30)(H2,25,27,28);1H. The van der Waals surface area contributed by atoms with Crippen molar-refractivity contribution in [2.75, 3.05) is 33.3 Å². The summed E-state index contributed by atoms with van der Waals surface area (Å²) in [5.74, 6) is 1.37. The Labute approximate surface area is 206 Å². The number of rotatable bonds is 9. The number of carbonyl (C=O) groups excluding carboxylic acids is 1. The van der Waals surface area contributed by atoms with E-state index >= 15 is 0 Å². The molecule has 0 atom stereocenters. The van der Waals surface area contributed by atoms with Gasteiger partial charge in [0.15, 0.2) is 5.96 Å². The van der Waals surface area contributed by atoms with Crippen molar-refractivity contribution in [1.82, 2.24) is 20.9 Å². The van der Waals surface area contributed by atoms with E-state index in [-0.39, 0.29) is 29.9 Å². The number of hydrogen-bond acceptors (Lipinski definition) is 3. The van der Waals surface area contributed by atoms with E-state index in [0.717, 1.165) is 30.2 Å². The molecule has 1 amide bonds. The Bertz CT molecular complexity index is 1030. The van der Waals surface area contributed by atoms with Crippen molar-refractivity contribution in [3.63, 3.8) is 0 Å². The van der Waals surface area contributed by atoms with Gasteiger partial charge in [0.2, 0.25) is 0 Å². The van der Waals surface area contributed by atoms with Gasteiger partial charge in [-0.25, -0.2) is 0 Å². The van der Waals surface area contributed by atoms with E-state index in [1.54, 1.807) is 31.4 Å². The number of carbonyl (C=O) groups is 1. The summed E-state index contributed by atoms with van der Waals surface area (Å²) < 4.78 is 5.11. The number of nitrogens with one attached hydrogen (secondary N) is 4. The molecule has 1 heterocycles. The molecule has 0 fully saturated rings. The van der Waals surface area contributed by atoms with Crippen molar-refractivity contribution in [3.05, 3.63) is 65.4 Å². The summed E-state index contributed by atoms with van der Waals surface area (Å²) in [6, 6.07) is 13.5. The Morgan fingerprint density at radius 2 is 1.81 bits per heavy atom. The third kappa shape index (κ3) is 7.15. The maximum absolute atomic E-state index is 12.2. The summed E-state index contributed by atoms with van der Waals surface area (Å²) in [4.78, 5) is 20.2. The molecule has 0 aliphatic rings. The topological polar surface area (TPSA) is 90.5 Å². The van der Waals surface area contributed by atoms with E-state index in [1.165, 1.54) is 16.5 Å². The molecule has 4 N–H and O–H groups in total. The molecule has 1 aromatic heterocycles. The molecule has 8 heteroatoms. The average Bonchev–Trinajstić information content (AvgIpc) is 3.18. The van der Waals surface area contributed by atoms with E-state index in [4.69, 9.17) is 4.74 Å². The van der Waals surface area contributed by atoms with Crippen LogP contribution in [-0.2, 0) is 6.42 Å². The third-order valence-corrected chi connectivity index (χ3v) is 4.97. The lowest BCUT2D eigenvalue weighted by molar-refractivity contribution is 0.0954. The molecule has 0 unspecified atom stereocenters. The third-order valence-electron chi connectivity index (χ3n) is 4.97. The summed E-state index contributed by atoms with van der Waals surface area (Å²) in [7, 11) is 1.60. The van der Waals surface area contributed by atoms with Crippen LogP contribution in [0.4, 0.5) is 0 Å². The second-order valence-electron chi connectivity index (χ2n) is 7.28. The highest BCUT2D eigenvalue weighted by Gasteiger charge is 2.06. The predicted molar refractivity (Wildman–Crippen MR) is 141 cm³/mol. The van der Waals surface area contributed by atoms with Crippen LogP contribution in [0.1, 0.15) is 28.4 Å². The highest BCUT2D eigenvalue weighted by Crippen LogP contribution is 2.19. The minimum Gasteiger partial charge on any atom is -0.497 e. The molecular formula is C24H32IN5O2. The fourth-order valence-electron chi connectivity index (χ4n) is 3.34. The van der Waals surface area contributed by atoms with E-state index in [2.05, 4.69) is 57.2 Å². The predicted octanol–water partition coefficient (Wildman–Crippen LogP) is 3.63. The highest BCUT2D eigenvalue weighted by molar-refractivity contribution is 14.0. The fourth-order valence-corrected chi connectivity index (χ4v) is 3.34. The molecule has 0 radical (unpaired) electrons. The van der Waals surface area contributed by atoms with Gasteiger partial charge in [0.1, 0.15) is 5.75 Å². The molecule has 0 saturated carbocycles. The summed E-state index contributed by atoms with van der Waals surface area (Å²) in [6.45, 7) is 6.66. The van der Waals surface area contributed by atoms with Crippen LogP contribution in [0.2, 0.25) is 0 Å². The van der Waals surface area contributed by atoms with Crippen molar-refractivity contribution in [1.29, 1.82) is 0 Å². The first-order valence-corrected chi connectivity index (χ1v) is 10.6. The highest BCUT2D eigenvalue weighted by atomic mass is 127. The zero-order valence-electron chi connectivity index (χ0n) is 18.8. The second kappa shape index (κ2) is 12.9. The molecule has 0 aliphatic carbocycles. The number of aliphatic imine (C=N–C) groups is 1. The first kappa shape index (κ1) is 25.5. The Morgan fingerprint density at radius 3 is 2.53 bits per heavy atom. The van der Waals surface area contributed by atoms with Crippen molar-refractivity contribution >= 4 is 46.7 Å². The molecule has 0 aliphatic heterocycles. The lowest BCUT2D eigenvalue weighted by atomic mass is 10.1. The van der Waals surface area contributed by atoms with Crippen LogP contribution >= 0.6 is 24.0 Å². The number of aromatic nitrogens is 1. The number of nitrogens with zero attached hydrogens (tertiary/aromatic N) is 1. The fraction of sp³-hybridized carbons (Fsp3) is 0.333. The average molecular weight is 549 g/mol. The summed E-state index contributed by atoms with van der Waals surface area (Å²) in [5, 5.41) is 10.7. The number of H-pyrrole nitrogens is 1. The van der Waals surface area contributed by atoms with Gasteiger partial charge in [-0.1, -0.05) is 12.1 Å². The number of hydrogen-bond donors (Lipinski definition) is 4. The molecule has 0 spiro atoms. The molecular weight excluding hydrogens is 517 g/mol. The van der Waals surface area contributed by atoms with Crippen molar-refractivity contribution in [2.45, 2.75) is 20.3 Å². The number of aryl methyl sites for hydroxylation is 1. The lowest BCUT2D eigenvalue weighted by Crippen LogP contribution is -2.41. The van der Waals surface area contributed by atoms with Gasteiger partial charge in [-0.2, -0.15) is 0 Å². The Hall–Kier alpha value is -2.75. The number of fused-ring (bicyclic) bond motifs is 1. The Balaban J connectivity index is 0.00000363. The maximum Gasteiger partial charge on any atom is 0.251 e. The summed E-state index contributed by atoms with van der Waals surface area (Å²) in [6.07, 6.45) is 2.92. The van der Waals surface area contributed by atoms with Gasteiger partial charge in [0.25, 0.3) is 5.91 Å². The number of guanidine groups is 1. The normalized spacial score (nSPS) is 11.0. The summed E-state index contributed by atoms with van der Waals surface area (Å²) >= 11 is 0. The monoisotopic (exact) mass is 549 g/mol. The van der Waals surface area contributed by atoms with Crippen molar-refractivity contribution in [3.8, 4) is 5.75 Å². The quantitative estimate of drug-likeness (QED) is 0.142. The molecule has 3 rings (SSSR count). The molecule has 0 saturated heterocycles. The Kier molecular flexibility index (Phi) is 10.3. The number of halogens is 1. The van der Waals surface area contributed by atoms with Crippen LogP contribution < -0.4 is 20.7 Å². The molecule has 3 aromatic rings. The molecule has 32 heavy (non-hydrogen) atoms. The number of aromatic amines is 1. The Morgan fingerprint density at radius 1 is 1.06 bits per heavy atom. The largest absolute Gasteiger partial charge is 0.497 e. The smallest absolute Gasteiger partial charge is 0.251 e. The number of methoxy groups -OCH3 is 1. The van der Waals surface area contributed by atoms with Crippen molar-refractivity contribution < 1.29 is 9.53 Å². The van der Waals surface area contributed by atoms with Gasteiger partial charge < -0.3 is 25.7 Å². The molecule has 2 aromatic carbocycles. The second-order valence-corrected chi connectivity index (χ2v) is 7.28. The molecule has 172 valence electrons. The van der Waals surface area contributed by atoms with Crippen LogP contribution in [0, 0.1) is 6.92 Å². The van der Waals surface area contributed by atoms with Crippen LogP contribution in [-0.4, -0.2) is 50.1 Å². The van der Waals surface area contributed by atoms with E-state index in [0.29, 0.717) is 25.2 Å². The minimum absolute atomic E-state index is 0. The number of benzene rings is 2. The first-order valence-electron chi connectivity index (χ1n) is 10.6.